The maximum absolute atomic E-state index is 12.6. The standard InChI is InChI=1S/C14H14N6O2S/c1-7-9(11(12(15)21)19-18-7)16-13(22)10-8-5-3-4-6-20(8)14(17-10)23-2/h3-6H,1-2H3,(H2,15,21)(H,16,22)(H,18,19). The number of aromatic nitrogens is 4. The van der Waals surface area contributed by atoms with Gasteiger partial charge in [-0.15, -0.1) is 0 Å². The Hall–Kier alpha value is -2.81. The van der Waals surface area contributed by atoms with Crippen LogP contribution in [0.3, 0.4) is 0 Å². The molecule has 3 aromatic heterocycles. The summed E-state index contributed by atoms with van der Waals surface area (Å²) in [6, 6.07) is 5.50. The largest absolute Gasteiger partial charge is 0.364 e. The first-order chi connectivity index (χ1) is 11.0. The number of anilines is 1. The Morgan fingerprint density at radius 3 is 2.83 bits per heavy atom. The Labute approximate surface area is 135 Å². The van der Waals surface area contributed by atoms with Crippen LogP contribution in [0.5, 0.6) is 0 Å². The minimum absolute atomic E-state index is 0.00976. The third-order valence-electron chi connectivity index (χ3n) is 3.33. The van der Waals surface area contributed by atoms with Crippen LogP contribution >= 0.6 is 11.8 Å². The molecule has 3 heterocycles. The quantitative estimate of drug-likeness (QED) is 0.626. The molecule has 0 spiro atoms. The topological polar surface area (TPSA) is 118 Å². The highest BCUT2D eigenvalue weighted by Gasteiger charge is 2.21. The molecule has 4 N–H and O–H groups in total. The predicted molar refractivity (Wildman–Crippen MR) is 86.8 cm³/mol. The summed E-state index contributed by atoms with van der Waals surface area (Å²) < 4.78 is 1.83. The number of carbonyl (C=O) groups is 2. The highest BCUT2D eigenvalue weighted by Crippen LogP contribution is 2.22. The van der Waals surface area contributed by atoms with Gasteiger partial charge in [-0.2, -0.15) is 5.10 Å². The number of nitrogens with two attached hydrogens (primary N) is 1. The number of hydrogen-bond donors (Lipinski definition) is 3. The molecule has 0 unspecified atom stereocenters. The second-order valence-corrected chi connectivity index (χ2v) is 5.57. The van der Waals surface area contributed by atoms with Crippen LogP contribution in [0.1, 0.15) is 26.7 Å². The van der Waals surface area contributed by atoms with Crippen LogP contribution in [0, 0.1) is 6.92 Å². The van der Waals surface area contributed by atoms with Gasteiger partial charge in [-0.3, -0.25) is 19.1 Å². The third kappa shape index (κ3) is 2.55. The van der Waals surface area contributed by atoms with Gasteiger partial charge in [0, 0.05) is 6.20 Å². The number of aromatic amines is 1. The molecule has 0 aromatic carbocycles. The molecule has 0 fully saturated rings. The van der Waals surface area contributed by atoms with Gasteiger partial charge < -0.3 is 11.1 Å². The lowest BCUT2D eigenvalue weighted by atomic mass is 10.2. The maximum Gasteiger partial charge on any atom is 0.276 e. The van der Waals surface area contributed by atoms with Gasteiger partial charge in [-0.1, -0.05) is 17.8 Å². The molecule has 3 rings (SSSR count). The lowest BCUT2D eigenvalue weighted by molar-refractivity contribution is 0.0996. The summed E-state index contributed by atoms with van der Waals surface area (Å²) in [6.07, 6.45) is 3.72. The van der Waals surface area contributed by atoms with Crippen LogP contribution in [-0.2, 0) is 0 Å². The Morgan fingerprint density at radius 2 is 2.13 bits per heavy atom. The van der Waals surface area contributed by atoms with Crippen molar-refractivity contribution in [2.45, 2.75) is 12.1 Å². The second-order valence-electron chi connectivity index (χ2n) is 4.79. The van der Waals surface area contributed by atoms with Gasteiger partial charge >= 0.3 is 0 Å². The molecular weight excluding hydrogens is 316 g/mol. The number of thioether (sulfide) groups is 1. The van der Waals surface area contributed by atoms with E-state index >= 15 is 0 Å². The minimum atomic E-state index is -0.718. The molecule has 2 amide bonds. The van der Waals surface area contributed by atoms with E-state index in [4.69, 9.17) is 5.73 Å². The van der Waals surface area contributed by atoms with Gasteiger partial charge in [0.15, 0.2) is 16.5 Å². The van der Waals surface area contributed by atoms with Gasteiger partial charge in [0.2, 0.25) is 0 Å². The number of fused-ring (bicyclic) bond motifs is 1. The first-order valence-electron chi connectivity index (χ1n) is 6.70. The van der Waals surface area contributed by atoms with Crippen LogP contribution in [0.15, 0.2) is 29.6 Å². The third-order valence-corrected chi connectivity index (χ3v) is 3.99. The van der Waals surface area contributed by atoms with Gasteiger partial charge in [0.05, 0.1) is 16.9 Å². The molecule has 0 aliphatic heterocycles. The highest BCUT2D eigenvalue weighted by molar-refractivity contribution is 7.98. The Balaban J connectivity index is 2.02. The van der Waals surface area contributed by atoms with Crippen LogP contribution in [0.2, 0.25) is 0 Å². The van der Waals surface area contributed by atoms with E-state index < -0.39 is 11.8 Å². The second kappa shape index (κ2) is 5.76. The average Bonchev–Trinajstić information content (AvgIpc) is 3.09. The number of nitrogens with zero attached hydrogens (tertiary/aromatic N) is 3. The Kier molecular flexibility index (Phi) is 3.78. The molecule has 0 saturated heterocycles. The fourth-order valence-electron chi connectivity index (χ4n) is 2.25. The number of imidazole rings is 1. The zero-order valence-electron chi connectivity index (χ0n) is 12.5. The van der Waals surface area contributed by atoms with E-state index in [9.17, 15) is 9.59 Å². The molecule has 0 aliphatic rings. The Bertz CT molecular complexity index is 913. The number of primary amides is 1. The lowest BCUT2D eigenvalue weighted by Crippen LogP contribution is -2.18. The lowest BCUT2D eigenvalue weighted by Gasteiger charge is -2.04. The molecule has 0 bridgehead atoms. The molecule has 0 radical (unpaired) electrons. The van der Waals surface area contributed by atoms with E-state index in [1.165, 1.54) is 11.8 Å². The molecule has 0 atom stereocenters. The highest BCUT2D eigenvalue weighted by atomic mass is 32.2. The fourth-order valence-corrected chi connectivity index (χ4v) is 2.79. The van der Waals surface area contributed by atoms with Crippen LogP contribution in [0.25, 0.3) is 5.52 Å². The number of H-pyrrole nitrogens is 1. The van der Waals surface area contributed by atoms with E-state index in [-0.39, 0.29) is 17.1 Å². The van der Waals surface area contributed by atoms with Gasteiger partial charge in [-0.05, 0) is 25.3 Å². The summed E-state index contributed by atoms with van der Waals surface area (Å²) in [4.78, 5) is 28.3. The van der Waals surface area contributed by atoms with Crippen molar-refractivity contribution in [3.8, 4) is 0 Å². The molecule has 0 aliphatic carbocycles. The molecule has 3 aromatic rings. The number of rotatable bonds is 4. The number of nitrogens with one attached hydrogen (secondary N) is 2. The van der Waals surface area contributed by atoms with Crippen LogP contribution in [-0.4, -0.2) is 37.7 Å². The van der Waals surface area contributed by atoms with Crippen LogP contribution < -0.4 is 11.1 Å². The van der Waals surface area contributed by atoms with E-state index in [0.717, 1.165) is 0 Å². The molecule has 118 valence electrons. The normalized spacial score (nSPS) is 10.9. The summed E-state index contributed by atoms with van der Waals surface area (Å²) in [7, 11) is 0. The van der Waals surface area contributed by atoms with Crippen molar-refractivity contribution in [1.29, 1.82) is 0 Å². The maximum atomic E-state index is 12.6. The molecule has 0 saturated carbocycles. The molecule has 9 heteroatoms. The van der Waals surface area contributed by atoms with Crippen molar-refractivity contribution in [2.75, 3.05) is 11.6 Å². The van der Waals surface area contributed by atoms with E-state index in [1.54, 1.807) is 13.0 Å². The number of aryl methyl sites for hydroxylation is 1. The van der Waals surface area contributed by atoms with Gasteiger partial charge in [0.1, 0.15) is 0 Å². The van der Waals surface area contributed by atoms with Crippen molar-refractivity contribution in [1.82, 2.24) is 19.6 Å². The zero-order valence-corrected chi connectivity index (χ0v) is 13.3. The summed E-state index contributed by atoms with van der Waals surface area (Å²) in [5.74, 6) is -1.15. The summed E-state index contributed by atoms with van der Waals surface area (Å²) in [5, 5.41) is 9.80. The number of amides is 2. The van der Waals surface area contributed by atoms with E-state index in [0.29, 0.717) is 16.4 Å². The fraction of sp³-hybridized carbons (Fsp3) is 0.143. The summed E-state index contributed by atoms with van der Waals surface area (Å²) in [5.41, 5.74) is 7.01. The molecule has 8 nitrogen and oxygen atoms in total. The van der Waals surface area contributed by atoms with E-state index in [1.807, 2.05) is 29.0 Å². The predicted octanol–water partition coefficient (Wildman–Crippen LogP) is 1.44. The zero-order chi connectivity index (χ0) is 16.6. The molecule has 23 heavy (non-hydrogen) atoms. The van der Waals surface area contributed by atoms with Crippen molar-refractivity contribution in [2.24, 2.45) is 5.73 Å². The van der Waals surface area contributed by atoms with Gasteiger partial charge in [0.25, 0.3) is 11.8 Å². The van der Waals surface area contributed by atoms with Crippen molar-refractivity contribution in [3.63, 3.8) is 0 Å². The summed E-state index contributed by atoms with van der Waals surface area (Å²) in [6.45, 7) is 1.69. The van der Waals surface area contributed by atoms with Gasteiger partial charge in [-0.25, -0.2) is 4.98 Å². The SMILES string of the molecule is CSc1nc(C(=O)Nc2c(C(N)=O)n[nH]c2C)c2ccccn12. The molecular formula is C14H14N6O2S. The summed E-state index contributed by atoms with van der Waals surface area (Å²) >= 11 is 1.43. The van der Waals surface area contributed by atoms with Crippen molar-refractivity contribution < 1.29 is 9.59 Å². The van der Waals surface area contributed by atoms with Crippen LogP contribution in [0.4, 0.5) is 5.69 Å². The smallest absolute Gasteiger partial charge is 0.276 e. The Morgan fingerprint density at radius 1 is 1.35 bits per heavy atom. The van der Waals surface area contributed by atoms with E-state index in [2.05, 4.69) is 20.5 Å². The van der Waals surface area contributed by atoms with Crippen molar-refractivity contribution in [3.05, 3.63) is 41.5 Å². The number of hydrogen-bond acceptors (Lipinski definition) is 5. The number of carbonyl (C=O) groups excluding carboxylic acids is 2. The average molecular weight is 330 g/mol. The van der Waals surface area contributed by atoms with Crippen molar-refractivity contribution >= 4 is 34.8 Å². The number of pyridine rings is 1. The monoisotopic (exact) mass is 330 g/mol. The minimum Gasteiger partial charge on any atom is -0.364 e. The first kappa shape index (κ1) is 15.1. The first-order valence-corrected chi connectivity index (χ1v) is 7.92.